The van der Waals surface area contributed by atoms with Gasteiger partial charge in [-0.25, -0.2) is 4.98 Å². The lowest BCUT2D eigenvalue weighted by molar-refractivity contribution is 0.127. The second-order valence-corrected chi connectivity index (χ2v) is 6.19. The van der Waals surface area contributed by atoms with Crippen LogP contribution < -0.4 is 5.73 Å². The first-order valence-electron chi connectivity index (χ1n) is 7.97. The summed E-state index contributed by atoms with van der Waals surface area (Å²) >= 11 is 0. The second kappa shape index (κ2) is 5.64. The van der Waals surface area contributed by atoms with E-state index in [2.05, 4.69) is 34.7 Å². The van der Waals surface area contributed by atoms with Gasteiger partial charge in [0.15, 0.2) is 0 Å². The Balaban J connectivity index is 2.04. The molecule has 114 valence electrons. The van der Waals surface area contributed by atoms with Gasteiger partial charge >= 0.3 is 0 Å². The van der Waals surface area contributed by atoms with Crippen LogP contribution in [0.15, 0.2) is 24.9 Å². The van der Waals surface area contributed by atoms with Gasteiger partial charge in [-0.1, -0.05) is 19.8 Å². The molecule has 1 saturated carbocycles. The van der Waals surface area contributed by atoms with Gasteiger partial charge in [0.1, 0.15) is 0 Å². The van der Waals surface area contributed by atoms with Crippen LogP contribution in [0.25, 0.3) is 11.3 Å². The maximum atomic E-state index is 6.23. The zero-order valence-electron chi connectivity index (χ0n) is 13.0. The summed E-state index contributed by atoms with van der Waals surface area (Å²) in [6.45, 7) is 5.97. The molecular weight excluding hydrogens is 262 g/mol. The molecule has 1 aliphatic rings. The van der Waals surface area contributed by atoms with E-state index in [4.69, 9.17) is 5.73 Å². The molecule has 0 radical (unpaired) electrons. The van der Waals surface area contributed by atoms with Crippen LogP contribution in [0.4, 0.5) is 0 Å². The van der Waals surface area contributed by atoms with Crippen LogP contribution >= 0.6 is 0 Å². The highest BCUT2D eigenvalue weighted by Gasteiger charge is 2.39. The van der Waals surface area contributed by atoms with Crippen molar-refractivity contribution in [3.63, 3.8) is 0 Å². The Morgan fingerprint density at radius 2 is 2.24 bits per heavy atom. The van der Waals surface area contributed by atoms with Crippen molar-refractivity contribution < 1.29 is 0 Å². The van der Waals surface area contributed by atoms with Crippen molar-refractivity contribution in [3.8, 4) is 11.3 Å². The second-order valence-electron chi connectivity index (χ2n) is 6.19. The van der Waals surface area contributed by atoms with Gasteiger partial charge in [0.25, 0.3) is 0 Å². The molecule has 0 bridgehead atoms. The molecule has 0 spiro atoms. The number of aryl methyl sites for hydroxylation is 1. The lowest BCUT2D eigenvalue weighted by Crippen LogP contribution is -2.48. The molecule has 2 aromatic heterocycles. The topological polar surface area (TPSA) is 61.7 Å². The predicted octanol–water partition coefficient (Wildman–Crippen LogP) is 2.63. The van der Waals surface area contributed by atoms with Gasteiger partial charge in [-0.15, -0.1) is 0 Å². The molecule has 0 aromatic carbocycles. The van der Waals surface area contributed by atoms with Crippen LogP contribution in [-0.2, 0) is 12.1 Å². The summed E-state index contributed by atoms with van der Waals surface area (Å²) in [5, 5.41) is 4.39. The number of rotatable bonds is 4. The van der Waals surface area contributed by atoms with Gasteiger partial charge in [0.05, 0.1) is 30.0 Å². The molecule has 3 rings (SSSR count). The summed E-state index contributed by atoms with van der Waals surface area (Å²) in [4.78, 5) is 4.41. The quantitative estimate of drug-likeness (QED) is 0.940. The Morgan fingerprint density at radius 1 is 1.38 bits per heavy atom. The van der Waals surface area contributed by atoms with Gasteiger partial charge < -0.3 is 10.3 Å². The molecule has 5 nitrogen and oxygen atoms in total. The minimum Gasteiger partial charge on any atom is -0.328 e. The third-order valence-electron chi connectivity index (χ3n) is 5.14. The molecule has 0 saturated heterocycles. The smallest absolute Gasteiger partial charge is 0.0956 e. The average Bonchev–Trinajstić information content (AvgIpc) is 3.16. The van der Waals surface area contributed by atoms with Crippen LogP contribution in [-0.4, -0.2) is 25.9 Å². The highest BCUT2D eigenvalue weighted by molar-refractivity contribution is 5.57. The first-order chi connectivity index (χ1) is 10.2. The molecule has 2 unspecified atom stereocenters. The van der Waals surface area contributed by atoms with Crippen LogP contribution in [0.3, 0.4) is 0 Å². The van der Waals surface area contributed by atoms with E-state index in [1.165, 1.54) is 19.3 Å². The maximum Gasteiger partial charge on any atom is 0.0956 e. The number of hydrogen-bond acceptors (Lipinski definition) is 3. The molecule has 2 heterocycles. The maximum absolute atomic E-state index is 6.23. The lowest BCUT2D eigenvalue weighted by atomic mass is 9.73. The molecule has 2 N–H and O–H groups in total. The van der Waals surface area contributed by atoms with Gasteiger partial charge in [0, 0.05) is 24.8 Å². The Morgan fingerprint density at radius 3 is 2.90 bits per heavy atom. The van der Waals surface area contributed by atoms with Crippen molar-refractivity contribution in [2.75, 3.05) is 6.54 Å². The van der Waals surface area contributed by atoms with Crippen LogP contribution in [0.1, 0.15) is 39.5 Å². The van der Waals surface area contributed by atoms with Gasteiger partial charge in [-0.3, -0.25) is 4.68 Å². The van der Waals surface area contributed by atoms with Crippen molar-refractivity contribution in [1.82, 2.24) is 19.3 Å². The average molecular weight is 287 g/mol. The summed E-state index contributed by atoms with van der Waals surface area (Å²) in [6, 6.07) is 0. The van der Waals surface area contributed by atoms with Crippen molar-refractivity contribution in [3.05, 3.63) is 24.9 Å². The first kappa shape index (κ1) is 14.3. The van der Waals surface area contributed by atoms with E-state index in [0.29, 0.717) is 12.5 Å². The zero-order chi connectivity index (χ0) is 14.9. The molecule has 2 atom stereocenters. The van der Waals surface area contributed by atoms with E-state index < -0.39 is 0 Å². The van der Waals surface area contributed by atoms with E-state index in [1.807, 2.05) is 23.4 Å². The zero-order valence-corrected chi connectivity index (χ0v) is 13.0. The summed E-state index contributed by atoms with van der Waals surface area (Å²) in [7, 11) is 0. The van der Waals surface area contributed by atoms with Crippen molar-refractivity contribution >= 4 is 0 Å². The van der Waals surface area contributed by atoms with E-state index >= 15 is 0 Å². The molecule has 1 fully saturated rings. The molecule has 5 heteroatoms. The highest BCUT2D eigenvalue weighted by atomic mass is 15.3. The Bertz CT molecular complexity index is 599. The predicted molar refractivity (Wildman–Crippen MR) is 83.8 cm³/mol. The number of nitrogens with two attached hydrogens (primary N) is 1. The Labute approximate surface area is 126 Å². The molecule has 0 amide bonds. The molecule has 21 heavy (non-hydrogen) atoms. The summed E-state index contributed by atoms with van der Waals surface area (Å²) < 4.78 is 4.26. The van der Waals surface area contributed by atoms with Crippen molar-refractivity contribution in [1.29, 1.82) is 0 Å². The summed E-state index contributed by atoms with van der Waals surface area (Å²) in [5.74, 6) is 0.574. The standard InChI is InChI=1S/C16H25N5/c1-3-20-10-14(8-19-20)15-9-18-12-21(15)16(11-17)7-5-4-6-13(16)2/h8-10,12-13H,3-7,11,17H2,1-2H3. The third-order valence-corrected chi connectivity index (χ3v) is 5.14. The molecule has 0 aliphatic heterocycles. The van der Waals surface area contributed by atoms with Gasteiger partial charge in [-0.2, -0.15) is 5.10 Å². The third kappa shape index (κ3) is 2.29. The lowest BCUT2D eigenvalue weighted by Gasteiger charge is -2.44. The first-order valence-corrected chi connectivity index (χ1v) is 7.97. The molecular formula is C16H25N5. The Kier molecular flexibility index (Phi) is 3.85. The molecule has 1 aliphatic carbocycles. The SMILES string of the molecule is CCn1cc(-c2cncn2C2(CN)CCCCC2C)cn1. The van der Waals surface area contributed by atoms with E-state index in [9.17, 15) is 0 Å². The fraction of sp³-hybridized carbons (Fsp3) is 0.625. The van der Waals surface area contributed by atoms with E-state index in [0.717, 1.165) is 24.2 Å². The number of nitrogens with zero attached hydrogens (tertiary/aromatic N) is 4. The van der Waals surface area contributed by atoms with Gasteiger partial charge in [-0.05, 0) is 25.7 Å². The minimum atomic E-state index is -0.00159. The van der Waals surface area contributed by atoms with E-state index in [-0.39, 0.29) is 5.54 Å². The summed E-state index contributed by atoms with van der Waals surface area (Å²) in [6.07, 6.45) is 12.8. The minimum absolute atomic E-state index is 0.00159. The number of aromatic nitrogens is 4. The number of imidazole rings is 1. The number of hydrogen-bond donors (Lipinski definition) is 1. The van der Waals surface area contributed by atoms with Crippen LogP contribution in [0.5, 0.6) is 0 Å². The largest absolute Gasteiger partial charge is 0.328 e. The van der Waals surface area contributed by atoms with Crippen LogP contribution in [0, 0.1) is 5.92 Å². The highest BCUT2D eigenvalue weighted by Crippen LogP contribution is 2.41. The summed E-state index contributed by atoms with van der Waals surface area (Å²) in [5.41, 5.74) is 8.49. The van der Waals surface area contributed by atoms with Crippen molar-refractivity contribution in [2.24, 2.45) is 11.7 Å². The van der Waals surface area contributed by atoms with E-state index in [1.54, 1.807) is 0 Å². The fourth-order valence-electron chi connectivity index (χ4n) is 3.69. The fourth-order valence-corrected chi connectivity index (χ4v) is 3.69. The normalized spacial score (nSPS) is 26.1. The molecule has 2 aromatic rings. The van der Waals surface area contributed by atoms with Crippen molar-refractivity contribution in [2.45, 2.75) is 51.6 Å². The van der Waals surface area contributed by atoms with Gasteiger partial charge in [0.2, 0.25) is 0 Å². The van der Waals surface area contributed by atoms with Crippen LogP contribution in [0.2, 0.25) is 0 Å². The Hall–Kier alpha value is -1.62. The monoisotopic (exact) mass is 287 g/mol.